The highest BCUT2D eigenvalue weighted by Gasteiger charge is 2.27. The lowest BCUT2D eigenvalue weighted by molar-refractivity contribution is -0.142. The second-order valence-corrected chi connectivity index (χ2v) is 4.20. The van der Waals surface area contributed by atoms with Crippen molar-refractivity contribution in [3.05, 3.63) is 12.2 Å². The van der Waals surface area contributed by atoms with Gasteiger partial charge in [-0.2, -0.15) is 0 Å². The molecule has 2 aliphatic heterocycles. The van der Waals surface area contributed by atoms with Crippen LogP contribution in [0.5, 0.6) is 0 Å². The molecular formula is C12H12O10. The molecule has 0 radical (unpaired) electrons. The minimum absolute atomic E-state index is 0.0000485. The van der Waals surface area contributed by atoms with Gasteiger partial charge in [0.25, 0.3) is 0 Å². The highest BCUT2D eigenvalue weighted by Crippen LogP contribution is 2.07. The van der Waals surface area contributed by atoms with Crippen molar-refractivity contribution in [2.24, 2.45) is 0 Å². The zero-order chi connectivity index (χ0) is 15.9. The molecule has 0 aromatic heterocycles. The molecule has 10 nitrogen and oxygen atoms in total. The molecule has 0 spiro atoms. The van der Waals surface area contributed by atoms with Gasteiger partial charge in [-0.05, 0) is 0 Å². The lowest BCUT2D eigenvalue weighted by Crippen LogP contribution is -2.21. The Kier molecular flexibility index (Phi) is 5.17. The molecule has 0 aliphatic carbocycles. The monoisotopic (exact) mass is 316 g/mol. The first kappa shape index (κ1) is 15.6. The number of cyclic esters (lactones) is 4. The highest BCUT2D eigenvalue weighted by molar-refractivity contribution is 5.91. The Balaban J connectivity index is 1.60. The number of carbonyl (C=O) groups excluding carboxylic acids is 4. The van der Waals surface area contributed by atoms with Crippen molar-refractivity contribution < 1.29 is 47.6 Å². The molecule has 0 amide bonds. The third-order valence-electron chi connectivity index (χ3n) is 2.48. The van der Waals surface area contributed by atoms with Crippen LogP contribution in [0.25, 0.3) is 0 Å². The average molecular weight is 316 g/mol. The minimum atomic E-state index is -0.822. The number of ether oxygens (including phenoxy) is 6. The molecule has 0 saturated carbocycles. The summed E-state index contributed by atoms with van der Waals surface area (Å²) in [5, 5.41) is 0. The van der Waals surface area contributed by atoms with Crippen molar-refractivity contribution in [1.82, 2.24) is 0 Å². The van der Waals surface area contributed by atoms with E-state index in [1.807, 2.05) is 0 Å². The van der Waals surface area contributed by atoms with E-state index < -0.39 is 36.5 Å². The fourth-order valence-electron chi connectivity index (χ4n) is 1.48. The third kappa shape index (κ3) is 4.96. The van der Waals surface area contributed by atoms with E-state index in [0.29, 0.717) is 0 Å². The summed E-state index contributed by atoms with van der Waals surface area (Å²) in [6, 6.07) is 0. The van der Waals surface area contributed by atoms with E-state index in [4.69, 9.17) is 9.47 Å². The van der Waals surface area contributed by atoms with E-state index in [0.717, 1.165) is 12.2 Å². The Morgan fingerprint density at radius 3 is 1.64 bits per heavy atom. The van der Waals surface area contributed by atoms with Crippen LogP contribution in [0.4, 0.5) is 9.59 Å². The molecule has 2 heterocycles. The number of esters is 2. The highest BCUT2D eigenvalue weighted by atomic mass is 16.8. The minimum Gasteiger partial charge on any atom is -0.458 e. The first-order valence-electron chi connectivity index (χ1n) is 6.21. The van der Waals surface area contributed by atoms with Crippen molar-refractivity contribution in [1.29, 1.82) is 0 Å². The van der Waals surface area contributed by atoms with E-state index in [1.54, 1.807) is 0 Å². The van der Waals surface area contributed by atoms with Crippen molar-refractivity contribution in [3.63, 3.8) is 0 Å². The first-order valence-corrected chi connectivity index (χ1v) is 6.21. The topological polar surface area (TPSA) is 124 Å². The molecule has 0 aromatic rings. The zero-order valence-corrected chi connectivity index (χ0v) is 11.2. The summed E-state index contributed by atoms with van der Waals surface area (Å²) in [5.74, 6) is -1.62. The van der Waals surface area contributed by atoms with E-state index in [1.165, 1.54) is 0 Å². The molecule has 0 aromatic carbocycles. The molecule has 2 atom stereocenters. The normalized spacial score (nSPS) is 23.5. The van der Waals surface area contributed by atoms with Crippen LogP contribution in [-0.4, -0.2) is 62.9 Å². The van der Waals surface area contributed by atoms with Gasteiger partial charge in [-0.3, -0.25) is 0 Å². The van der Waals surface area contributed by atoms with Gasteiger partial charge in [-0.25, -0.2) is 19.2 Å². The number of hydrogen-bond acceptors (Lipinski definition) is 10. The maximum Gasteiger partial charge on any atom is 0.508 e. The quantitative estimate of drug-likeness (QED) is 0.366. The van der Waals surface area contributed by atoms with Crippen molar-refractivity contribution in [2.45, 2.75) is 12.2 Å². The van der Waals surface area contributed by atoms with Crippen LogP contribution in [0.2, 0.25) is 0 Å². The van der Waals surface area contributed by atoms with E-state index in [9.17, 15) is 19.2 Å². The fourth-order valence-corrected chi connectivity index (χ4v) is 1.48. The summed E-state index contributed by atoms with van der Waals surface area (Å²) in [6.07, 6.45) is -1.25. The largest absolute Gasteiger partial charge is 0.508 e. The summed E-state index contributed by atoms with van der Waals surface area (Å²) in [6.45, 7) is -0.362. The Hall–Kier alpha value is -2.78. The second kappa shape index (κ2) is 7.29. The van der Waals surface area contributed by atoms with Crippen LogP contribution in [0.15, 0.2) is 12.2 Å². The van der Waals surface area contributed by atoms with Crippen LogP contribution < -0.4 is 0 Å². The molecule has 2 rings (SSSR count). The molecule has 22 heavy (non-hydrogen) atoms. The van der Waals surface area contributed by atoms with Crippen LogP contribution >= 0.6 is 0 Å². The third-order valence-corrected chi connectivity index (χ3v) is 2.48. The van der Waals surface area contributed by atoms with Crippen LogP contribution in [0, 0.1) is 0 Å². The van der Waals surface area contributed by atoms with Gasteiger partial charge in [0.15, 0.2) is 12.2 Å². The molecule has 2 fully saturated rings. The summed E-state index contributed by atoms with van der Waals surface area (Å²) >= 11 is 0. The van der Waals surface area contributed by atoms with Gasteiger partial charge in [-0.1, -0.05) is 0 Å². The predicted molar refractivity (Wildman–Crippen MR) is 63.5 cm³/mol. The van der Waals surface area contributed by atoms with Gasteiger partial charge in [0.05, 0.1) is 0 Å². The summed E-state index contributed by atoms with van der Waals surface area (Å²) < 4.78 is 27.7. The van der Waals surface area contributed by atoms with Crippen molar-refractivity contribution in [2.75, 3.05) is 26.4 Å². The van der Waals surface area contributed by atoms with Gasteiger partial charge in [0.2, 0.25) is 0 Å². The number of carbonyl (C=O) groups is 4. The van der Waals surface area contributed by atoms with Gasteiger partial charge in [-0.15, -0.1) is 0 Å². The number of rotatable bonds is 6. The Morgan fingerprint density at radius 2 is 1.32 bits per heavy atom. The Morgan fingerprint density at radius 1 is 0.909 bits per heavy atom. The van der Waals surface area contributed by atoms with Crippen molar-refractivity contribution >= 4 is 24.2 Å². The zero-order valence-electron chi connectivity index (χ0n) is 11.2. The molecule has 0 bridgehead atoms. The van der Waals surface area contributed by atoms with Crippen molar-refractivity contribution in [3.8, 4) is 0 Å². The maximum atomic E-state index is 11.3. The van der Waals surface area contributed by atoms with E-state index in [-0.39, 0.29) is 26.4 Å². The molecule has 2 saturated heterocycles. The summed E-state index contributed by atoms with van der Waals surface area (Å²) in [4.78, 5) is 43.8. The molecule has 10 heteroatoms. The van der Waals surface area contributed by atoms with Gasteiger partial charge < -0.3 is 28.4 Å². The lowest BCUT2D eigenvalue weighted by atomic mass is 10.4. The molecule has 2 aliphatic rings. The van der Waals surface area contributed by atoms with E-state index >= 15 is 0 Å². The first-order chi connectivity index (χ1) is 10.5. The van der Waals surface area contributed by atoms with Gasteiger partial charge in [0, 0.05) is 12.2 Å². The maximum absolute atomic E-state index is 11.3. The second-order valence-electron chi connectivity index (χ2n) is 4.20. The Bertz CT molecular complexity index is 452. The van der Waals surface area contributed by atoms with E-state index in [2.05, 4.69) is 18.9 Å². The lowest BCUT2D eigenvalue weighted by Gasteiger charge is -2.06. The summed E-state index contributed by atoms with van der Waals surface area (Å²) in [7, 11) is 0. The predicted octanol–water partition coefficient (Wildman–Crippen LogP) is -0.300. The standard InChI is InChI=1S/C12H12O10/c13-9(17-3-7-5-19-11(15)21-7)1-2-10(14)18-4-8-6-20-12(16)22-8/h1-2,7-8H,3-6H2/b2-1+. The van der Waals surface area contributed by atoms with Gasteiger partial charge >= 0.3 is 24.2 Å². The SMILES string of the molecule is O=C(/C=C/C(=O)OCC1COC(=O)O1)OCC1COC(=O)O1. The Labute approximate surface area is 123 Å². The van der Waals surface area contributed by atoms with Gasteiger partial charge in [0.1, 0.15) is 26.4 Å². The molecule has 2 unspecified atom stereocenters. The van der Waals surface area contributed by atoms with Crippen LogP contribution in [-0.2, 0) is 38.0 Å². The average Bonchev–Trinajstić information content (AvgIpc) is 3.09. The summed E-state index contributed by atoms with van der Waals surface area (Å²) in [5.41, 5.74) is 0. The molecular weight excluding hydrogens is 304 g/mol. The fraction of sp³-hybridized carbons (Fsp3) is 0.500. The number of hydrogen-bond donors (Lipinski definition) is 0. The smallest absolute Gasteiger partial charge is 0.458 e. The van der Waals surface area contributed by atoms with Crippen LogP contribution in [0.3, 0.4) is 0 Å². The molecule has 0 N–H and O–H groups in total. The van der Waals surface area contributed by atoms with Crippen LogP contribution in [0.1, 0.15) is 0 Å². The molecule has 120 valence electrons.